The Morgan fingerprint density at radius 2 is 2.00 bits per heavy atom. The molecule has 0 radical (unpaired) electrons. The molecule has 1 atom stereocenters. The fourth-order valence-electron chi connectivity index (χ4n) is 0.584. The predicted molar refractivity (Wildman–Crippen MR) is 41.5 cm³/mol. The molecule has 0 amide bonds. The molecule has 0 aromatic heterocycles. The predicted octanol–water partition coefficient (Wildman–Crippen LogP) is 1.99. The van der Waals surface area contributed by atoms with Crippen molar-refractivity contribution in [1.29, 1.82) is 0 Å². The number of rotatable bonds is 3. The Morgan fingerprint density at radius 3 is 2.12 bits per heavy atom. The molecule has 52 valence electrons. The third-order valence-corrected chi connectivity index (χ3v) is 1.09. The van der Waals surface area contributed by atoms with E-state index in [0.29, 0.717) is 12.5 Å². The third kappa shape index (κ3) is 6.44. The van der Waals surface area contributed by atoms with Gasteiger partial charge in [-0.3, -0.25) is 0 Å². The fourth-order valence-corrected chi connectivity index (χ4v) is 0.584. The van der Waals surface area contributed by atoms with Crippen LogP contribution >= 0.6 is 17.0 Å². The van der Waals surface area contributed by atoms with Crippen LogP contribution in [0, 0.1) is 5.92 Å². The van der Waals surface area contributed by atoms with Crippen LogP contribution in [0.3, 0.4) is 0 Å². The first-order chi connectivity index (χ1) is 3.31. The molecule has 1 unspecified atom stereocenters. The van der Waals surface area contributed by atoms with Crippen molar-refractivity contribution >= 4 is 17.0 Å². The van der Waals surface area contributed by atoms with Gasteiger partial charge in [-0.25, -0.2) is 0 Å². The molecule has 0 aromatic carbocycles. The topological polar surface area (TPSA) is 20.2 Å². The average Bonchev–Trinajstić information content (AvgIpc) is 1.68. The van der Waals surface area contributed by atoms with Gasteiger partial charge in [0.05, 0.1) is 0 Å². The molecule has 8 heavy (non-hydrogen) atoms. The van der Waals surface area contributed by atoms with Crippen LogP contribution in [0.25, 0.3) is 0 Å². The molecule has 0 saturated carbocycles. The molecule has 0 spiro atoms. The van der Waals surface area contributed by atoms with Gasteiger partial charge in [-0.05, 0) is 12.3 Å². The summed E-state index contributed by atoms with van der Waals surface area (Å²) in [6.07, 6.45) is 2.33. The molecule has 0 aromatic rings. The van der Waals surface area contributed by atoms with Crippen molar-refractivity contribution in [2.24, 2.45) is 5.92 Å². The Kier molecular flexibility index (Phi) is 10.5. The van der Waals surface area contributed by atoms with Gasteiger partial charge in [0.15, 0.2) is 0 Å². The zero-order chi connectivity index (χ0) is 5.70. The summed E-state index contributed by atoms with van der Waals surface area (Å²) in [6.45, 7) is 4.53. The number of halogens is 1. The minimum Gasteiger partial charge on any atom is -0.396 e. The van der Waals surface area contributed by atoms with Crippen molar-refractivity contribution in [3.8, 4) is 0 Å². The van der Waals surface area contributed by atoms with Crippen LogP contribution in [0.5, 0.6) is 0 Å². The SMILES string of the molecule is Br.CCCC(C)CO. The highest BCUT2D eigenvalue weighted by atomic mass is 79.9. The number of aliphatic hydroxyl groups excluding tert-OH is 1. The molecular formula is C6H15BrO. The molecule has 0 bridgehead atoms. The van der Waals surface area contributed by atoms with Crippen molar-refractivity contribution in [2.75, 3.05) is 6.61 Å². The van der Waals surface area contributed by atoms with Crippen molar-refractivity contribution in [3.63, 3.8) is 0 Å². The van der Waals surface area contributed by atoms with E-state index in [2.05, 4.69) is 13.8 Å². The maximum Gasteiger partial charge on any atom is 0.0456 e. The van der Waals surface area contributed by atoms with Crippen LogP contribution in [0.15, 0.2) is 0 Å². The molecule has 0 saturated heterocycles. The fraction of sp³-hybridized carbons (Fsp3) is 1.00. The van der Waals surface area contributed by atoms with E-state index < -0.39 is 0 Å². The van der Waals surface area contributed by atoms with E-state index in [9.17, 15) is 0 Å². The molecule has 0 fully saturated rings. The lowest BCUT2D eigenvalue weighted by Crippen LogP contribution is -1.98. The van der Waals surface area contributed by atoms with E-state index in [-0.39, 0.29) is 17.0 Å². The van der Waals surface area contributed by atoms with E-state index in [1.807, 2.05) is 0 Å². The van der Waals surface area contributed by atoms with Gasteiger partial charge < -0.3 is 5.11 Å². The van der Waals surface area contributed by atoms with Crippen LogP contribution < -0.4 is 0 Å². The largest absolute Gasteiger partial charge is 0.396 e. The van der Waals surface area contributed by atoms with Gasteiger partial charge >= 0.3 is 0 Å². The normalized spacial score (nSPS) is 12.4. The first-order valence-corrected chi connectivity index (χ1v) is 2.92. The zero-order valence-corrected chi connectivity index (χ0v) is 7.27. The van der Waals surface area contributed by atoms with Crippen LogP contribution in [-0.4, -0.2) is 11.7 Å². The first-order valence-electron chi connectivity index (χ1n) is 2.92. The second-order valence-electron chi connectivity index (χ2n) is 2.08. The lowest BCUT2D eigenvalue weighted by atomic mass is 10.1. The second-order valence-corrected chi connectivity index (χ2v) is 2.08. The van der Waals surface area contributed by atoms with Crippen molar-refractivity contribution in [2.45, 2.75) is 26.7 Å². The highest BCUT2D eigenvalue weighted by Crippen LogP contribution is 2.01. The van der Waals surface area contributed by atoms with Crippen LogP contribution in [0.4, 0.5) is 0 Å². The summed E-state index contributed by atoms with van der Waals surface area (Å²) in [5, 5.41) is 8.47. The summed E-state index contributed by atoms with van der Waals surface area (Å²) in [4.78, 5) is 0. The van der Waals surface area contributed by atoms with Gasteiger partial charge in [0, 0.05) is 6.61 Å². The van der Waals surface area contributed by atoms with E-state index in [4.69, 9.17) is 5.11 Å². The Hall–Kier alpha value is 0.440. The van der Waals surface area contributed by atoms with Crippen LogP contribution in [0.1, 0.15) is 26.7 Å². The average molecular weight is 183 g/mol. The summed E-state index contributed by atoms with van der Waals surface area (Å²) in [6, 6.07) is 0. The molecule has 1 N–H and O–H groups in total. The molecule has 0 heterocycles. The minimum absolute atomic E-state index is 0. The second kappa shape index (κ2) is 7.44. The smallest absolute Gasteiger partial charge is 0.0456 e. The van der Waals surface area contributed by atoms with Gasteiger partial charge in [-0.15, -0.1) is 17.0 Å². The molecule has 2 heteroatoms. The zero-order valence-electron chi connectivity index (χ0n) is 5.55. The summed E-state index contributed by atoms with van der Waals surface area (Å²) < 4.78 is 0. The number of hydrogen-bond donors (Lipinski definition) is 1. The Labute approximate surface area is 61.9 Å². The van der Waals surface area contributed by atoms with Gasteiger partial charge in [0.1, 0.15) is 0 Å². The van der Waals surface area contributed by atoms with Crippen LogP contribution in [-0.2, 0) is 0 Å². The van der Waals surface area contributed by atoms with Crippen molar-refractivity contribution < 1.29 is 5.11 Å². The van der Waals surface area contributed by atoms with Gasteiger partial charge in [-0.1, -0.05) is 20.3 Å². The van der Waals surface area contributed by atoms with E-state index in [0.717, 1.165) is 6.42 Å². The molecule has 0 aliphatic heterocycles. The molecular weight excluding hydrogens is 168 g/mol. The lowest BCUT2D eigenvalue weighted by Gasteiger charge is -2.01. The summed E-state index contributed by atoms with van der Waals surface area (Å²) in [5.74, 6) is 0.505. The van der Waals surface area contributed by atoms with Crippen molar-refractivity contribution in [1.82, 2.24) is 0 Å². The van der Waals surface area contributed by atoms with Gasteiger partial charge in [-0.2, -0.15) is 0 Å². The highest BCUT2D eigenvalue weighted by molar-refractivity contribution is 8.93. The first kappa shape index (κ1) is 11.3. The molecule has 0 aliphatic carbocycles. The quantitative estimate of drug-likeness (QED) is 0.709. The Balaban J connectivity index is 0. The van der Waals surface area contributed by atoms with E-state index in [1.54, 1.807) is 0 Å². The van der Waals surface area contributed by atoms with Crippen molar-refractivity contribution in [3.05, 3.63) is 0 Å². The van der Waals surface area contributed by atoms with E-state index >= 15 is 0 Å². The van der Waals surface area contributed by atoms with Crippen LogP contribution in [0.2, 0.25) is 0 Å². The highest BCUT2D eigenvalue weighted by Gasteiger charge is 1.93. The summed E-state index contributed by atoms with van der Waals surface area (Å²) in [7, 11) is 0. The standard InChI is InChI=1S/C6H14O.BrH/c1-3-4-6(2)5-7;/h6-7H,3-5H2,1-2H3;1H. The third-order valence-electron chi connectivity index (χ3n) is 1.09. The van der Waals surface area contributed by atoms with E-state index in [1.165, 1.54) is 6.42 Å². The minimum atomic E-state index is 0. The summed E-state index contributed by atoms with van der Waals surface area (Å²) in [5.41, 5.74) is 0. The molecule has 0 aliphatic rings. The maximum absolute atomic E-state index is 8.47. The summed E-state index contributed by atoms with van der Waals surface area (Å²) >= 11 is 0. The van der Waals surface area contributed by atoms with Gasteiger partial charge in [0.25, 0.3) is 0 Å². The molecule has 1 nitrogen and oxygen atoms in total. The molecule has 0 rings (SSSR count). The number of aliphatic hydroxyl groups is 1. The number of hydrogen-bond acceptors (Lipinski definition) is 1. The monoisotopic (exact) mass is 182 g/mol. The maximum atomic E-state index is 8.47. The Bertz CT molecular complexity index is 39.5. The lowest BCUT2D eigenvalue weighted by molar-refractivity contribution is 0.229. The van der Waals surface area contributed by atoms with Gasteiger partial charge in [0.2, 0.25) is 0 Å². The Morgan fingerprint density at radius 1 is 1.50 bits per heavy atom.